The van der Waals surface area contributed by atoms with Crippen LogP contribution in [0.2, 0.25) is 0 Å². The minimum absolute atomic E-state index is 0.00708. The maximum Gasteiger partial charge on any atom is 0.154 e. The molecule has 0 N–H and O–H groups in total. The molecule has 0 aliphatic rings. The molecule has 3 heteroatoms. The number of Topliss-reactive ketones (excluding diaryl/α,β-unsaturated/α-hetero) is 1. The summed E-state index contributed by atoms with van der Waals surface area (Å²) >= 11 is 0. The number of rotatable bonds is 5. The summed E-state index contributed by atoms with van der Waals surface area (Å²) in [6.07, 6.45) is 5.50. The summed E-state index contributed by atoms with van der Waals surface area (Å²) in [5.41, 5.74) is 0.695. The molecule has 0 aromatic carbocycles. The van der Waals surface area contributed by atoms with Crippen LogP contribution in [-0.4, -0.2) is 10.8 Å². The summed E-state index contributed by atoms with van der Waals surface area (Å²) in [4.78, 5) is 15.6. The van der Waals surface area contributed by atoms with Crippen molar-refractivity contribution in [1.29, 1.82) is 5.26 Å². The van der Waals surface area contributed by atoms with Crippen LogP contribution in [0.5, 0.6) is 0 Å². The predicted molar refractivity (Wildman–Crippen MR) is 57.1 cm³/mol. The first-order valence-corrected chi connectivity index (χ1v) is 5.11. The van der Waals surface area contributed by atoms with Crippen molar-refractivity contribution in [3.8, 4) is 6.07 Å². The summed E-state index contributed by atoms with van der Waals surface area (Å²) in [7, 11) is 0. The molecule has 1 unspecified atom stereocenters. The highest BCUT2D eigenvalue weighted by atomic mass is 16.1. The van der Waals surface area contributed by atoms with Crippen molar-refractivity contribution in [3.05, 3.63) is 30.1 Å². The van der Waals surface area contributed by atoms with Gasteiger partial charge in [-0.05, 0) is 18.1 Å². The van der Waals surface area contributed by atoms with E-state index in [1.54, 1.807) is 24.5 Å². The smallest absolute Gasteiger partial charge is 0.154 e. The van der Waals surface area contributed by atoms with Crippen molar-refractivity contribution in [2.45, 2.75) is 32.1 Å². The first-order chi connectivity index (χ1) is 7.29. The van der Waals surface area contributed by atoms with Crippen molar-refractivity contribution < 1.29 is 4.79 Å². The average molecular weight is 202 g/mol. The molecule has 3 nitrogen and oxygen atoms in total. The zero-order valence-corrected chi connectivity index (χ0v) is 8.81. The van der Waals surface area contributed by atoms with Gasteiger partial charge in [0, 0.05) is 18.8 Å². The minimum Gasteiger partial charge on any atom is -0.298 e. The Bertz CT molecular complexity index is 354. The van der Waals surface area contributed by atoms with Crippen LogP contribution in [0.15, 0.2) is 24.5 Å². The second-order valence-corrected chi connectivity index (χ2v) is 3.42. The van der Waals surface area contributed by atoms with Crippen LogP contribution in [0.25, 0.3) is 0 Å². The van der Waals surface area contributed by atoms with Gasteiger partial charge in [0.25, 0.3) is 0 Å². The minimum atomic E-state index is -0.648. The Morgan fingerprint density at radius 1 is 1.67 bits per heavy atom. The normalized spacial score (nSPS) is 11.7. The largest absolute Gasteiger partial charge is 0.298 e. The fourth-order valence-electron chi connectivity index (χ4n) is 1.37. The lowest BCUT2D eigenvalue weighted by atomic mass is 9.94. The molecule has 1 atom stereocenters. The predicted octanol–water partition coefficient (Wildman–Crippen LogP) is 2.45. The van der Waals surface area contributed by atoms with Crippen LogP contribution in [0.3, 0.4) is 0 Å². The van der Waals surface area contributed by atoms with Crippen molar-refractivity contribution in [2.75, 3.05) is 0 Å². The number of ketones is 1. The molecule has 0 radical (unpaired) electrons. The van der Waals surface area contributed by atoms with Gasteiger partial charge < -0.3 is 0 Å². The van der Waals surface area contributed by atoms with E-state index >= 15 is 0 Å². The van der Waals surface area contributed by atoms with Crippen molar-refractivity contribution in [3.63, 3.8) is 0 Å². The van der Waals surface area contributed by atoms with Crippen LogP contribution in [0.1, 0.15) is 37.7 Å². The molecule has 0 amide bonds. The van der Waals surface area contributed by atoms with Crippen molar-refractivity contribution in [2.24, 2.45) is 0 Å². The number of carbonyl (C=O) groups excluding carboxylic acids is 1. The Morgan fingerprint density at radius 2 is 2.47 bits per heavy atom. The molecule has 78 valence electrons. The summed E-state index contributed by atoms with van der Waals surface area (Å²) in [6, 6.07) is 5.55. The van der Waals surface area contributed by atoms with Gasteiger partial charge in [0.05, 0.1) is 6.07 Å². The third-order valence-corrected chi connectivity index (χ3v) is 2.25. The van der Waals surface area contributed by atoms with Gasteiger partial charge in [0.15, 0.2) is 5.78 Å². The van der Waals surface area contributed by atoms with E-state index in [9.17, 15) is 4.79 Å². The summed E-state index contributed by atoms with van der Waals surface area (Å²) in [5, 5.41) is 8.95. The van der Waals surface area contributed by atoms with Gasteiger partial charge in [-0.25, -0.2) is 0 Å². The lowest BCUT2D eigenvalue weighted by Gasteiger charge is -2.06. The van der Waals surface area contributed by atoms with Gasteiger partial charge in [-0.2, -0.15) is 5.26 Å². The molecule has 0 spiro atoms. The van der Waals surface area contributed by atoms with Crippen molar-refractivity contribution in [1.82, 2.24) is 4.98 Å². The van der Waals surface area contributed by atoms with E-state index in [2.05, 4.69) is 4.98 Å². The fraction of sp³-hybridized carbons (Fsp3) is 0.417. The lowest BCUT2D eigenvalue weighted by Crippen LogP contribution is -2.10. The van der Waals surface area contributed by atoms with E-state index in [1.807, 2.05) is 13.0 Å². The van der Waals surface area contributed by atoms with Crippen LogP contribution < -0.4 is 0 Å². The Morgan fingerprint density at radius 3 is 3.00 bits per heavy atom. The highest BCUT2D eigenvalue weighted by Crippen LogP contribution is 2.17. The molecule has 0 saturated heterocycles. The zero-order chi connectivity index (χ0) is 11.1. The van der Waals surface area contributed by atoms with E-state index in [1.165, 1.54) is 0 Å². The summed E-state index contributed by atoms with van der Waals surface area (Å²) < 4.78 is 0. The number of hydrogen-bond donors (Lipinski definition) is 0. The number of pyridine rings is 1. The molecular weight excluding hydrogens is 188 g/mol. The van der Waals surface area contributed by atoms with E-state index in [0.717, 1.165) is 12.8 Å². The number of nitriles is 1. The topological polar surface area (TPSA) is 53.8 Å². The Labute approximate surface area is 89.8 Å². The SMILES string of the molecule is CCCCC(=O)C(C#N)c1cccnc1. The van der Waals surface area contributed by atoms with Crippen molar-refractivity contribution >= 4 is 5.78 Å². The Hall–Kier alpha value is -1.69. The highest BCUT2D eigenvalue weighted by molar-refractivity contribution is 5.88. The molecule has 1 rings (SSSR count). The molecule has 1 aromatic heterocycles. The average Bonchev–Trinajstić information content (AvgIpc) is 2.29. The number of hydrogen-bond acceptors (Lipinski definition) is 3. The van der Waals surface area contributed by atoms with Gasteiger partial charge in [0.2, 0.25) is 0 Å². The highest BCUT2D eigenvalue weighted by Gasteiger charge is 2.18. The first kappa shape index (κ1) is 11.4. The van der Waals surface area contributed by atoms with E-state index in [4.69, 9.17) is 5.26 Å². The maximum absolute atomic E-state index is 11.7. The molecule has 0 aliphatic carbocycles. The fourth-order valence-corrected chi connectivity index (χ4v) is 1.37. The molecule has 0 aliphatic heterocycles. The maximum atomic E-state index is 11.7. The van der Waals surface area contributed by atoms with Crippen LogP contribution in [-0.2, 0) is 4.79 Å². The molecule has 0 saturated carbocycles. The second-order valence-electron chi connectivity index (χ2n) is 3.42. The lowest BCUT2D eigenvalue weighted by molar-refractivity contribution is -0.119. The molecule has 0 fully saturated rings. The van der Waals surface area contributed by atoms with Gasteiger partial charge in [-0.1, -0.05) is 19.4 Å². The first-order valence-electron chi connectivity index (χ1n) is 5.11. The zero-order valence-electron chi connectivity index (χ0n) is 8.81. The van der Waals surface area contributed by atoms with Crippen LogP contribution in [0.4, 0.5) is 0 Å². The monoisotopic (exact) mass is 202 g/mol. The van der Waals surface area contributed by atoms with Crippen LogP contribution >= 0.6 is 0 Å². The van der Waals surface area contributed by atoms with E-state index < -0.39 is 5.92 Å². The van der Waals surface area contributed by atoms with Gasteiger partial charge in [0.1, 0.15) is 5.92 Å². The number of aromatic nitrogens is 1. The number of nitrogens with zero attached hydrogens (tertiary/aromatic N) is 2. The van der Waals surface area contributed by atoms with Crippen LogP contribution in [0, 0.1) is 11.3 Å². The second kappa shape index (κ2) is 5.92. The molecule has 15 heavy (non-hydrogen) atoms. The van der Waals surface area contributed by atoms with E-state index in [-0.39, 0.29) is 5.78 Å². The third-order valence-electron chi connectivity index (χ3n) is 2.25. The van der Waals surface area contributed by atoms with Gasteiger partial charge >= 0.3 is 0 Å². The van der Waals surface area contributed by atoms with Gasteiger partial charge in [-0.3, -0.25) is 9.78 Å². The van der Waals surface area contributed by atoms with E-state index in [0.29, 0.717) is 12.0 Å². The standard InChI is InChI=1S/C12H14N2O/c1-2-3-6-12(15)11(8-13)10-5-4-7-14-9-10/h4-5,7,9,11H,2-3,6H2,1H3. The summed E-state index contributed by atoms with van der Waals surface area (Å²) in [6.45, 7) is 2.03. The summed E-state index contributed by atoms with van der Waals surface area (Å²) in [5.74, 6) is -0.655. The Kier molecular flexibility index (Phi) is 4.49. The molecule has 1 aromatic rings. The molecule has 1 heterocycles. The molecule has 0 bridgehead atoms. The molecular formula is C12H14N2O. The van der Waals surface area contributed by atoms with Gasteiger partial charge in [-0.15, -0.1) is 0 Å². The Balaban J connectivity index is 2.73. The quantitative estimate of drug-likeness (QED) is 0.736. The third kappa shape index (κ3) is 3.17. The number of unbranched alkanes of at least 4 members (excludes halogenated alkanes) is 1. The number of carbonyl (C=O) groups is 1.